The van der Waals surface area contributed by atoms with E-state index in [0.29, 0.717) is 21.7 Å². The van der Waals surface area contributed by atoms with Gasteiger partial charge in [0.25, 0.3) is 0 Å². The van der Waals surface area contributed by atoms with Crippen molar-refractivity contribution in [3.63, 3.8) is 0 Å². The standard InChI is InChI=1S/C20H20ClN5O2S/c1-13-7-9-14(10-8-13)22-18(27)11-17-24-25-20(26(17)2)29-12-19(28)23-16-6-4-3-5-15(16)21/h3-10H,11-12H2,1-2H3,(H,22,27)(H,23,28). The van der Waals surface area contributed by atoms with Crippen LogP contribution in [-0.2, 0) is 23.1 Å². The second kappa shape index (κ2) is 9.58. The highest BCUT2D eigenvalue weighted by molar-refractivity contribution is 7.99. The number of halogens is 1. The third-order valence-corrected chi connectivity index (χ3v) is 5.41. The van der Waals surface area contributed by atoms with Gasteiger partial charge in [-0.3, -0.25) is 9.59 Å². The molecule has 0 atom stereocenters. The Morgan fingerprint density at radius 3 is 2.48 bits per heavy atom. The Bertz CT molecular complexity index is 1020. The number of anilines is 2. The summed E-state index contributed by atoms with van der Waals surface area (Å²) in [5, 5.41) is 14.8. The fourth-order valence-corrected chi connectivity index (χ4v) is 3.40. The van der Waals surface area contributed by atoms with E-state index in [2.05, 4.69) is 20.8 Å². The van der Waals surface area contributed by atoms with Crippen LogP contribution in [0.4, 0.5) is 11.4 Å². The SMILES string of the molecule is Cc1ccc(NC(=O)Cc2nnc(SCC(=O)Nc3ccccc3Cl)n2C)cc1. The molecule has 1 heterocycles. The Morgan fingerprint density at radius 2 is 1.76 bits per heavy atom. The Morgan fingerprint density at radius 1 is 1.03 bits per heavy atom. The van der Waals surface area contributed by atoms with Crippen LogP contribution in [-0.4, -0.2) is 32.3 Å². The Kier molecular flexibility index (Phi) is 6.90. The summed E-state index contributed by atoms with van der Waals surface area (Å²) in [6.07, 6.45) is 0.0871. The number of nitrogens with one attached hydrogen (secondary N) is 2. The Balaban J connectivity index is 1.53. The second-order valence-electron chi connectivity index (χ2n) is 6.37. The number of carbonyl (C=O) groups is 2. The fourth-order valence-electron chi connectivity index (χ4n) is 2.49. The van der Waals surface area contributed by atoms with Crippen LogP contribution in [0.2, 0.25) is 5.02 Å². The number of aryl methyl sites for hydroxylation is 1. The molecular weight excluding hydrogens is 410 g/mol. The highest BCUT2D eigenvalue weighted by Gasteiger charge is 2.15. The van der Waals surface area contributed by atoms with Gasteiger partial charge in [0.1, 0.15) is 5.82 Å². The molecule has 150 valence electrons. The molecular formula is C20H20ClN5O2S. The Labute approximate surface area is 177 Å². The number of hydrogen-bond donors (Lipinski definition) is 2. The third kappa shape index (κ3) is 5.82. The van der Waals surface area contributed by atoms with E-state index in [1.807, 2.05) is 31.2 Å². The molecule has 0 spiro atoms. The van der Waals surface area contributed by atoms with E-state index in [9.17, 15) is 9.59 Å². The normalized spacial score (nSPS) is 10.6. The van der Waals surface area contributed by atoms with Gasteiger partial charge in [-0.1, -0.05) is 53.2 Å². The second-order valence-corrected chi connectivity index (χ2v) is 7.72. The molecule has 0 bridgehead atoms. The first-order chi connectivity index (χ1) is 13.9. The molecule has 1 aromatic heterocycles. The van der Waals surface area contributed by atoms with Crippen molar-refractivity contribution in [3.8, 4) is 0 Å². The first kappa shape index (κ1) is 20.9. The molecule has 0 saturated carbocycles. The average Bonchev–Trinajstić information content (AvgIpc) is 3.03. The minimum Gasteiger partial charge on any atom is -0.326 e. The number of para-hydroxylation sites is 1. The summed E-state index contributed by atoms with van der Waals surface area (Å²) in [7, 11) is 1.77. The molecule has 0 saturated heterocycles. The van der Waals surface area contributed by atoms with Crippen LogP contribution >= 0.6 is 23.4 Å². The Hall–Kier alpha value is -2.84. The molecule has 0 fully saturated rings. The zero-order valence-corrected chi connectivity index (χ0v) is 17.5. The lowest BCUT2D eigenvalue weighted by molar-refractivity contribution is -0.116. The van der Waals surface area contributed by atoms with Crippen molar-refractivity contribution in [1.29, 1.82) is 0 Å². The van der Waals surface area contributed by atoms with Crippen LogP contribution in [0.5, 0.6) is 0 Å². The number of hydrogen-bond acceptors (Lipinski definition) is 5. The molecule has 9 heteroatoms. The maximum absolute atomic E-state index is 12.3. The van der Waals surface area contributed by atoms with Gasteiger partial charge in [-0.05, 0) is 31.2 Å². The number of thioether (sulfide) groups is 1. The lowest BCUT2D eigenvalue weighted by Crippen LogP contribution is -2.17. The molecule has 0 unspecified atom stereocenters. The van der Waals surface area contributed by atoms with Crippen molar-refractivity contribution in [1.82, 2.24) is 14.8 Å². The summed E-state index contributed by atoms with van der Waals surface area (Å²) in [5.74, 6) is 0.276. The van der Waals surface area contributed by atoms with E-state index >= 15 is 0 Å². The molecule has 7 nitrogen and oxygen atoms in total. The number of carbonyl (C=O) groups excluding carboxylic acids is 2. The maximum Gasteiger partial charge on any atom is 0.234 e. The largest absolute Gasteiger partial charge is 0.326 e. The summed E-state index contributed by atoms with van der Waals surface area (Å²) >= 11 is 7.28. The molecule has 2 aromatic carbocycles. The summed E-state index contributed by atoms with van der Waals surface area (Å²) in [6.45, 7) is 1.99. The van der Waals surface area contributed by atoms with E-state index in [0.717, 1.165) is 11.3 Å². The van der Waals surface area contributed by atoms with Gasteiger partial charge in [0.05, 0.1) is 22.9 Å². The molecule has 2 amide bonds. The van der Waals surface area contributed by atoms with E-state index in [1.54, 1.807) is 35.9 Å². The first-order valence-electron chi connectivity index (χ1n) is 8.84. The van der Waals surface area contributed by atoms with Gasteiger partial charge in [0, 0.05) is 12.7 Å². The van der Waals surface area contributed by atoms with Crippen molar-refractivity contribution in [2.24, 2.45) is 7.05 Å². The summed E-state index contributed by atoms with van der Waals surface area (Å²) in [5.41, 5.74) is 2.41. The third-order valence-electron chi connectivity index (χ3n) is 4.06. The van der Waals surface area contributed by atoms with Gasteiger partial charge in [0.2, 0.25) is 11.8 Å². The number of benzene rings is 2. The molecule has 0 aliphatic carbocycles. The minimum absolute atomic E-state index is 0.0871. The summed E-state index contributed by atoms with van der Waals surface area (Å²) < 4.78 is 1.71. The zero-order chi connectivity index (χ0) is 20.8. The molecule has 3 aromatic rings. The van der Waals surface area contributed by atoms with Crippen molar-refractivity contribution >= 4 is 46.6 Å². The average molecular weight is 430 g/mol. The van der Waals surface area contributed by atoms with Gasteiger partial charge >= 0.3 is 0 Å². The molecule has 29 heavy (non-hydrogen) atoms. The lowest BCUT2D eigenvalue weighted by Gasteiger charge is -2.07. The quantitative estimate of drug-likeness (QED) is 0.559. The van der Waals surface area contributed by atoms with Gasteiger partial charge < -0.3 is 15.2 Å². The lowest BCUT2D eigenvalue weighted by atomic mass is 10.2. The first-order valence-corrected chi connectivity index (χ1v) is 10.2. The maximum atomic E-state index is 12.3. The van der Waals surface area contributed by atoms with E-state index in [1.165, 1.54) is 11.8 Å². The van der Waals surface area contributed by atoms with Crippen molar-refractivity contribution < 1.29 is 9.59 Å². The topological polar surface area (TPSA) is 88.9 Å². The van der Waals surface area contributed by atoms with Crippen LogP contribution in [0.25, 0.3) is 0 Å². The fraction of sp³-hybridized carbons (Fsp3) is 0.200. The van der Waals surface area contributed by atoms with E-state index < -0.39 is 0 Å². The van der Waals surface area contributed by atoms with Crippen molar-refractivity contribution in [2.75, 3.05) is 16.4 Å². The zero-order valence-electron chi connectivity index (χ0n) is 16.0. The predicted molar refractivity (Wildman–Crippen MR) is 115 cm³/mol. The van der Waals surface area contributed by atoms with Gasteiger partial charge in [-0.15, -0.1) is 10.2 Å². The van der Waals surface area contributed by atoms with E-state index in [4.69, 9.17) is 11.6 Å². The number of nitrogens with zero attached hydrogens (tertiary/aromatic N) is 3. The molecule has 2 N–H and O–H groups in total. The highest BCUT2D eigenvalue weighted by Crippen LogP contribution is 2.22. The number of amides is 2. The molecule has 0 radical (unpaired) electrons. The number of aromatic nitrogens is 3. The van der Waals surface area contributed by atoms with Crippen LogP contribution < -0.4 is 10.6 Å². The van der Waals surface area contributed by atoms with Crippen LogP contribution in [0.1, 0.15) is 11.4 Å². The monoisotopic (exact) mass is 429 g/mol. The minimum atomic E-state index is -0.204. The molecule has 3 rings (SSSR count). The van der Waals surface area contributed by atoms with Crippen LogP contribution in [0.3, 0.4) is 0 Å². The van der Waals surface area contributed by atoms with Gasteiger partial charge in [-0.2, -0.15) is 0 Å². The smallest absolute Gasteiger partial charge is 0.234 e. The number of rotatable bonds is 7. The summed E-state index contributed by atoms with van der Waals surface area (Å²) in [6, 6.07) is 14.6. The summed E-state index contributed by atoms with van der Waals surface area (Å²) in [4.78, 5) is 24.4. The van der Waals surface area contributed by atoms with E-state index in [-0.39, 0.29) is 24.0 Å². The van der Waals surface area contributed by atoms with Gasteiger partial charge in [-0.25, -0.2) is 0 Å². The highest BCUT2D eigenvalue weighted by atomic mass is 35.5. The molecule has 0 aliphatic rings. The van der Waals surface area contributed by atoms with Crippen molar-refractivity contribution in [3.05, 3.63) is 64.9 Å². The van der Waals surface area contributed by atoms with Crippen LogP contribution in [0.15, 0.2) is 53.7 Å². The molecule has 0 aliphatic heterocycles. The predicted octanol–water partition coefficient (Wildman–Crippen LogP) is 3.69. The van der Waals surface area contributed by atoms with Gasteiger partial charge in [0.15, 0.2) is 5.16 Å². The van der Waals surface area contributed by atoms with Crippen molar-refractivity contribution in [2.45, 2.75) is 18.5 Å². The van der Waals surface area contributed by atoms with Crippen LogP contribution in [0, 0.1) is 6.92 Å².